The van der Waals surface area contributed by atoms with E-state index in [9.17, 15) is 8.42 Å². The first-order chi connectivity index (χ1) is 9.84. The first-order valence-corrected chi connectivity index (χ1v) is 8.47. The van der Waals surface area contributed by atoms with Gasteiger partial charge < -0.3 is 5.11 Å². The van der Waals surface area contributed by atoms with Gasteiger partial charge in [-0.3, -0.25) is 0 Å². The summed E-state index contributed by atoms with van der Waals surface area (Å²) in [5, 5.41) is 8.71. The van der Waals surface area contributed by atoms with Gasteiger partial charge in [0.1, 0.15) is 6.61 Å². The van der Waals surface area contributed by atoms with E-state index >= 15 is 0 Å². The molecule has 0 fully saturated rings. The number of sulfonamides is 1. The summed E-state index contributed by atoms with van der Waals surface area (Å²) in [6.45, 7) is 5.55. The number of hydrogen-bond donors (Lipinski definition) is 1. The number of nitrogens with zero attached hydrogens (tertiary/aromatic N) is 1. The Morgan fingerprint density at radius 1 is 1.38 bits per heavy atom. The van der Waals surface area contributed by atoms with Crippen LogP contribution in [0.3, 0.4) is 0 Å². The summed E-state index contributed by atoms with van der Waals surface area (Å²) >= 11 is 0. The fourth-order valence-corrected chi connectivity index (χ4v) is 3.55. The summed E-state index contributed by atoms with van der Waals surface area (Å²) in [6.07, 6.45) is 1.77. The Hall–Kier alpha value is -1.35. The Labute approximate surface area is 127 Å². The summed E-state index contributed by atoms with van der Waals surface area (Å²) in [6, 6.07) is 4.85. The quantitative estimate of drug-likeness (QED) is 0.848. The molecule has 0 aliphatic rings. The Morgan fingerprint density at radius 2 is 2.05 bits per heavy atom. The predicted molar refractivity (Wildman–Crippen MR) is 84.5 cm³/mol. The molecule has 0 aliphatic carbocycles. The smallest absolute Gasteiger partial charge is 0.243 e. The molecule has 0 radical (unpaired) electrons. The predicted octanol–water partition coefficient (Wildman–Crippen LogP) is 2.15. The van der Waals surface area contributed by atoms with Crippen molar-refractivity contribution in [1.29, 1.82) is 0 Å². The normalized spacial score (nSPS) is 12.9. The molecular weight excluding hydrogens is 286 g/mol. The number of aliphatic hydroxyl groups is 1. The van der Waals surface area contributed by atoms with Gasteiger partial charge in [0, 0.05) is 18.7 Å². The minimum absolute atomic E-state index is 0.0332. The maximum absolute atomic E-state index is 12.6. The van der Waals surface area contributed by atoms with E-state index in [2.05, 4.69) is 11.8 Å². The zero-order chi connectivity index (χ0) is 16.0. The van der Waals surface area contributed by atoms with Crippen LogP contribution in [0.4, 0.5) is 0 Å². The van der Waals surface area contributed by atoms with E-state index in [0.29, 0.717) is 0 Å². The summed E-state index contributed by atoms with van der Waals surface area (Å²) in [5.74, 6) is 5.37. The van der Waals surface area contributed by atoms with E-state index in [1.54, 1.807) is 25.2 Å². The van der Waals surface area contributed by atoms with Gasteiger partial charge in [0.15, 0.2) is 0 Å². The van der Waals surface area contributed by atoms with Gasteiger partial charge in [-0.2, -0.15) is 4.31 Å². The average Bonchev–Trinajstić information content (AvgIpc) is 2.45. The summed E-state index contributed by atoms with van der Waals surface area (Å²) in [5.41, 5.74) is 1.51. The monoisotopic (exact) mass is 309 g/mol. The molecule has 21 heavy (non-hydrogen) atoms. The molecule has 5 heteroatoms. The molecule has 0 saturated heterocycles. The topological polar surface area (TPSA) is 57.6 Å². The molecule has 0 bridgehead atoms. The van der Waals surface area contributed by atoms with Gasteiger partial charge in [-0.1, -0.05) is 25.2 Å². The lowest BCUT2D eigenvalue weighted by molar-refractivity contribution is 0.350. The van der Waals surface area contributed by atoms with Crippen LogP contribution in [0.5, 0.6) is 0 Å². The SMILES string of the molecule is CCCC(C)N(C)S(=O)(=O)c1ccc(C#CCO)c(C)c1. The molecule has 1 unspecified atom stereocenters. The van der Waals surface area contributed by atoms with Gasteiger partial charge in [-0.15, -0.1) is 0 Å². The highest BCUT2D eigenvalue weighted by molar-refractivity contribution is 7.89. The van der Waals surface area contributed by atoms with Crippen LogP contribution in [-0.2, 0) is 10.0 Å². The highest BCUT2D eigenvalue weighted by Gasteiger charge is 2.25. The standard InChI is InChI=1S/C16H23NO3S/c1-5-7-14(3)17(4)21(19,20)16-10-9-15(8-6-11-18)13(2)12-16/h9-10,12,14,18H,5,7,11H2,1-4H3. The van der Waals surface area contributed by atoms with Crippen LogP contribution in [0.15, 0.2) is 23.1 Å². The van der Waals surface area contributed by atoms with Gasteiger partial charge in [-0.25, -0.2) is 8.42 Å². The summed E-state index contributed by atoms with van der Waals surface area (Å²) < 4.78 is 26.6. The van der Waals surface area contributed by atoms with Crippen molar-refractivity contribution in [2.45, 2.75) is 44.6 Å². The van der Waals surface area contributed by atoms with Gasteiger partial charge in [0.05, 0.1) is 4.90 Å². The van der Waals surface area contributed by atoms with Crippen LogP contribution in [0.1, 0.15) is 37.8 Å². The molecule has 1 N–H and O–H groups in total. The second-order valence-electron chi connectivity index (χ2n) is 5.10. The van der Waals surface area contributed by atoms with Gasteiger partial charge in [0.25, 0.3) is 0 Å². The zero-order valence-electron chi connectivity index (χ0n) is 13.0. The van der Waals surface area contributed by atoms with Gasteiger partial charge in [0.2, 0.25) is 10.0 Å². The summed E-state index contributed by atoms with van der Waals surface area (Å²) in [4.78, 5) is 0.278. The third-order valence-corrected chi connectivity index (χ3v) is 5.47. The fraction of sp³-hybridized carbons (Fsp3) is 0.500. The number of benzene rings is 1. The van der Waals surface area contributed by atoms with Crippen molar-refractivity contribution in [1.82, 2.24) is 4.31 Å². The van der Waals surface area contributed by atoms with Crippen LogP contribution in [0.2, 0.25) is 0 Å². The largest absolute Gasteiger partial charge is 0.384 e. The Kier molecular flexibility index (Phi) is 6.41. The zero-order valence-corrected chi connectivity index (χ0v) is 13.9. The van der Waals surface area contributed by atoms with Crippen molar-refractivity contribution >= 4 is 10.0 Å². The lowest BCUT2D eigenvalue weighted by Crippen LogP contribution is -2.35. The molecule has 0 saturated carbocycles. The minimum Gasteiger partial charge on any atom is -0.384 e. The van der Waals surface area contributed by atoms with Crippen molar-refractivity contribution < 1.29 is 13.5 Å². The number of hydrogen-bond acceptors (Lipinski definition) is 3. The van der Waals surface area contributed by atoms with E-state index in [-0.39, 0.29) is 17.5 Å². The molecule has 116 valence electrons. The molecule has 0 amide bonds. The van der Waals surface area contributed by atoms with Crippen molar-refractivity contribution in [3.05, 3.63) is 29.3 Å². The lowest BCUT2D eigenvalue weighted by Gasteiger charge is -2.24. The molecular formula is C16H23NO3S. The average molecular weight is 309 g/mol. The molecule has 1 aromatic carbocycles. The molecule has 1 aromatic rings. The van der Waals surface area contributed by atoms with Crippen LogP contribution in [-0.4, -0.2) is 37.5 Å². The van der Waals surface area contributed by atoms with Crippen LogP contribution >= 0.6 is 0 Å². The third kappa shape index (κ3) is 4.31. The molecule has 1 atom stereocenters. The van der Waals surface area contributed by atoms with Crippen molar-refractivity contribution in [3.8, 4) is 11.8 Å². The van der Waals surface area contributed by atoms with E-state index in [0.717, 1.165) is 24.0 Å². The summed E-state index contributed by atoms with van der Waals surface area (Å²) in [7, 11) is -1.87. The van der Waals surface area contributed by atoms with Gasteiger partial charge in [-0.05, 0) is 44.0 Å². The van der Waals surface area contributed by atoms with Crippen LogP contribution in [0.25, 0.3) is 0 Å². The molecule has 0 aromatic heterocycles. The highest BCUT2D eigenvalue weighted by atomic mass is 32.2. The number of rotatable bonds is 5. The van der Waals surface area contributed by atoms with E-state index < -0.39 is 10.0 Å². The minimum atomic E-state index is -3.48. The number of aryl methyl sites for hydroxylation is 1. The van der Waals surface area contributed by atoms with E-state index in [4.69, 9.17) is 5.11 Å². The maximum atomic E-state index is 12.6. The number of aliphatic hydroxyl groups excluding tert-OH is 1. The van der Waals surface area contributed by atoms with E-state index in [1.165, 1.54) is 4.31 Å². The van der Waals surface area contributed by atoms with Crippen LogP contribution < -0.4 is 0 Å². The molecule has 1 rings (SSSR count). The highest BCUT2D eigenvalue weighted by Crippen LogP contribution is 2.21. The van der Waals surface area contributed by atoms with Crippen molar-refractivity contribution in [3.63, 3.8) is 0 Å². The lowest BCUT2D eigenvalue weighted by atomic mass is 10.1. The molecule has 0 spiro atoms. The van der Waals surface area contributed by atoms with Crippen molar-refractivity contribution in [2.75, 3.05) is 13.7 Å². The molecule has 4 nitrogen and oxygen atoms in total. The fourth-order valence-electron chi connectivity index (χ4n) is 2.07. The van der Waals surface area contributed by atoms with Crippen molar-refractivity contribution in [2.24, 2.45) is 0 Å². The van der Waals surface area contributed by atoms with E-state index in [1.807, 2.05) is 20.8 Å². The molecule has 0 aliphatic heterocycles. The second kappa shape index (κ2) is 7.60. The maximum Gasteiger partial charge on any atom is 0.243 e. The Morgan fingerprint density at radius 3 is 2.57 bits per heavy atom. The Balaban J connectivity index is 3.12. The van der Waals surface area contributed by atoms with Gasteiger partial charge >= 0.3 is 0 Å². The third-order valence-electron chi connectivity index (χ3n) is 3.50. The Bertz CT molecular complexity index is 641. The second-order valence-corrected chi connectivity index (χ2v) is 7.09. The molecule has 0 heterocycles. The first kappa shape index (κ1) is 17.7. The first-order valence-electron chi connectivity index (χ1n) is 7.03. The van der Waals surface area contributed by atoms with Crippen LogP contribution in [0, 0.1) is 18.8 Å².